The van der Waals surface area contributed by atoms with Gasteiger partial charge in [0.15, 0.2) is 0 Å². The van der Waals surface area contributed by atoms with Gasteiger partial charge in [0.2, 0.25) is 0 Å². The fraction of sp³-hybridized carbons (Fsp3) is 0.368. The van der Waals surface area contributed by atoms with Gasteiger partial charge >= 0.3 is 6.09 Å². The average Bonchev–Trinajstić information content (AvgIpc) is 2.61. The van der Waals surface area contributed by atoms with E-state index in [9.17, 15) is 4.79 Å². The van der Waals surface area contributed by atoms with E-state index in [1.54, 1.807) is 6.20 Å². The number of ether oxygens (including phenoxy) is 1. The monoisotopic (exact) mass is 344 g/mol. The number of hydrogen-bond acceptors (Lipinski definition) is 3. The highest BCUT2D eigenvalue weighted by Crippen LogP contribution is 2.33. The number of rotatable bonds is 3. The van der Waals surface area contributed by atoms with E-state index >= 15 is 0 Å². The van der Waals surface area contributed by atoms with E-state index in [1.807, 2.05) is 48.2 Å². The minimum absolute atomic E-state index is 0.00629. The Hall–Kier alpha value is -2.07. The second-order valence-electron chi connectivity index (χ2n) is 6.11. The van der Waals surface area contributed by atoms with Crippen molar-refractivity contribution in [1.82, 2.24) is 9.88 Å². The second kappa shape index (κ2) is 7.67. The van der Waals surface area contributed by atoms with Gasteiger partial charge in [0.05, 0.1) is 6.04 Å². The molecule has 1 fully saturated rings. The molecule has 24 heavy (non-hydrogen) atoms. The lowest BCUT2D eigenvalue weighted by Crippen LogP contribution is -2.39. The van der Waals surface area contributed by atoms with Gasteiger partial charge in [0, 0.05) is 12.7 Å². The van der Waals surface area contributed by atoms with Gasteiger partial charge in [0.25, 0.3) is 0 Å². The van der Waals surface area contributed by atoms with Gasteiger partial charge in [-0.3, -0.25) is 0 Å². The number of likely N-dealkylation sites (tertiary alicyclic amines) is 1. The fourth-order valence-corrected chi connectivity index (χ4v) is 3.37. The number of aryl methyl sites for hydroxylation is 1. The fourth-order valence-electron chi connectivity index (χ4n) is 3.16. The molecule has 1 aromatic carbocycles. The van der Waals surface area contributed by atoms with Crippen LogP contribution >= 0.6 is 11.6 Å². The van der Waals surface area contributed by atoms with Gasteiger partial charge in [-0.05, 0) is 48.9 Å². The van der Waals surface area contributed by atoms with Crippen molar-refractivity contribution < 1.29 is 9.53 Å². The number of carbonyl (C=O) groups is 1. The third kappa shape index (κ3) is 3.88. The molecule has 4 nitrogen and oxygen atoms in total. The van der Waals surface area contributed by atoms with Gasteiger partial charge in [-0.25, -0.2) is 9.78 Å². The van der Waals surface area contributed by atoms with Crippen LogP contribution in [-0.4, -0.2) is 22.5 Å². The van der Waals surface area contributed by atoms with Crippen LogP contribution in [0, 0.1) is 6.92 Å². The maximum Gasteiger partial charge on any atom is 0.410 e. The number of nitrogens with zero attached hydrogens (tertiary/aromatic N) is 2. The molecule has 0 spiro atoms. The zero-order valence-electron chi connectivity index (χ0n) is 13.7. The van der Waals surface area contributed by atoms with Crippen LogP contribution in [0.4, 0.5) is 4.79 Å². The zero-order chi connectivity index (χ0) is 16.9. The third-order valence-electron chi connectivity index (χ3n) is 4.42. The van der Waals surface area contributed by atoms with E-state index in [4.69, 9.17) is 16.3 Å². The van der Waals surface area contributed by atoms with Crippen molar-refractivity contribution in [3.05, 3.63) is 64.4 Å². The molecule has 0 N–H and O–H groups in total. The highest BCUT2D eigenvalue weighted by Gasteiger charge is 2.30. The van der Waals surface area contributed by atoms with E-state index < -0.39 is 0 Å². The van der Waals surface area contributed by atoms with Crippen molar-refractivity contribution in [2.24, 2.45) is 0 Å². The molecule has 1 aromatic heterocycles. The summed E-state index contributed by atoms with van der Waals surface area (Å²) in [6, 6.07) is 11.6. The summed E-state index contributed by atoms with van der Waals surface area (Å²) in [5.74, 6) is 0. The van der Waals surface area contributed by atoms with Crippen LogP contribution in [0.5, 0.6) is 0 Å². The van der Waals surface area contributed by atoms with Crippen LogP contribution in [0.25, 0.3) is 0 Å². The largest absolute Gasteiger partial charge is 0.445 e. The quantitative estimate of drug-likeness (QED) is 0.743. The van der Waals surface area contributed by atoms with E-state index in [1.165, 1.54) is 0 Å². The first kappa shape index (κ1) is 16.8. The normalized spacial score (nSPS) is 17.6. The standard InChI is InChI=1S/C19H21ClN2O2/c1-14-11-18(20)21-12-16(14)17-9-5-6-10-22(17)19(23)24-13-15-7-3-2-4-8-15/h2-4,7-8,11-12,17H,5-6,9-10,13H2,1H3/t17-/m0/s1. The van der Waals surface area contributed by atoms with Crippen molar-refractivity contribution in [3.63, 3.8) is 0 Å². The molecule has 1 aliphatic heterocycles. The molecule has 0 aliphatic carbocycles. The molecule has 5 heteroatoms. The summed E-state index contributed by atoms with van der Waals surface area (Å²) in [6.07, 6.45) is 4.53. The van der Waals surface area contributed by atoms with Crippen LogP contribution < -0.4 is 0 Å². The first-order valence-corrected chi connectivity index (χ1v) is 8.62. The number of pyridine rings is 1. The number of aromatic nitrogens is 1. The topological polar surface area (TPSA) is 42.4 Å². The summed E-state index contributed by atoms with van der Waals surface area (Å²) in [4.78, 5) is 18.6. The lowest BCUT2D eigenvalue weighted by Gasteiger charge is -2.35. The molecular weight excluding hydrogens is 324 g/mol. The number of benzene rings is 1. The smallest absolute Gasteiger partial charge is 0.410 e. The lowest BCUT2D eigenvalue weighted by molar-refractivity contribution is 0.0677. The van der Waals surface area contributed by atoms with Crippen LogP contribution in [0.3, 0.4) is 0 Å². The number of piperidine rings is 1. The van der Waals surface area contributed by atoms with Crippen LogP contribution in [0.1, 0.15) is 42.0 Å². The molecule has 2 heterocycles. The maximum absolute atomic E-state index is 12.6. The van der Waals surface area contributed by atoms with Crippen molar-refractivity contribution in [1.29, 1.82) is 0 Å². The Balaban J connectivity index is 1.73. The Labute approximate surface area is 147 Å². The summed E-state index contributed by atoms with van der Waals surface area (Å²) in [7, 11) is 0. The van der Waals surface area contributed by atoms with Gasteiger partial charge in [-0.1, -0.05) is 41.9 Å². The van der Waals surface area contributed by atoms with E-state index in [0.717, 1.165) is 36.0 Å². The summed E-state index contributed by atoms with van der Waals surface area (Å²) in [6.45, 7) is 3.01. The molecule has 1 atom stereocenters. The maximum atomic E-state index is 12.6. The molecule has 0 saturated carbocycles. The molecule has 0 unspecified atom stereocenters. The molecule has 3 rings (SSSR count). The third-order valence-corrected chi connectivity index (χ3v) is 4.63. The van der Waals surface area contributed by atoms with Crippen LogP contribution in [0.15, 0.2) is 42.6 Å². The Kier molecular flexibility index (Phi) is 5.36. The Bertz CT molecular complexity index is 706. The molecule has 1 aliphatic rings. The molecule has 2 aromatic rings. The first-order valence-electron chi connectivity index (χ1n) is 8.24. The number of hydrogen-bond donors (Lipinski definition) is 0. The van der Waals surface area contributed by atoms with Crippen molar-refractivity contribution >= 4 is 17.7 Å². The van der Waals surface area contributed by atoms with Crippen molar-refractivity contribution in [2.45, 2.75) is 38.8 Å². The molecule has 0 bridgehead atoms. The zero-order valence-corrected chi connectivity index (χ0v) is 14.5. The second-order valence-corrected chi connectivity index (χ2v) is 6.50. The highest BCUT2D eigenvalue weighted by atomic mass is 35.5. The molecule has 1 saturated heterocycles. The van der Waals surface area contributed by atoms with E-state index in [0.29, 0.717) is 18.3 Å². The predicted octanol–water partition coefficient (Wildman–Crippen LogP) is 4.91. The predicted molar refractivity (Wildman–Crippen MR) is 93.9 cm³/mol. The first-order chi connectivity index (χ1) is 11.6. The van der Waals surface area contributed by atoms with Gasteiger partial charge < -0.3 is 9.64 Å². The summed E-state index contributed by atoms with van der Waals surface area (Å²) < 4.78 is 5.52. The average molecular weight is 345 g/mol. The van der Waals surface area contributed by atoms with Gasteiger partial charge in [0.1, 0.15) is 11.8 Å². The highest BCUT2D eigenvalue weighted by molar-refractivity contribution is 6.29. The molecular formula is C19H21ClN2O2. The van der Waals surface area contributed by atoms with Crippen molar-refractivity contribution in [2.75, 3.05) is 6.54 Å². The minimum Gasteiger partial charge on any atom is -0.445 e. The van der Waals surface area contributed by atoms with Crippen molar-refractivity contribution in [3.8, 4) is 0 Å². The van der Waals surface area contributed by atoms with E-state index in [-0.39, 0.29) is 12.1 Å². The molecule has 126 valence electrons. The summed E-state index contributed by atoms with van der Waals surface area (Å²) in [5.41, 5.74) is 3.10. The molecule has 0 radical (unpaired) electrons. The Morgan fingerprint density at radius 3 is 2.88 bits per heavy atom. The van der Waals surface area contributed by atoms with Gasteiger partial charge in [-0.15, -0.1) is 0 Å². The minimum atomic E-state index is -0.266. The Morgan fingerprint density at radius 2 is 2.12 bits per heavy atom. The number of amides is 1. The van der Waals surface area contributed by atoms with Crippen LogP contribution in [-0.2, 0) is 11.3 Å². The van der Waals surface area contributed by atoms with Crippen LogP contribution in [0.2, 0.25) is 5.15 Å². The molecule has 1 amide bonds. The van der Waals surface area contributed by atoms with E-state index in [2.05, 4.69) is 4.98 Å². The SMILES string of the molecule is Cc1cc(Cl)ncc1[C@@H]1CCCCN1C(=O)OCc1ccccc1. The lowest BCUT2D eigenvalue weighted by atomic mass is 9.94. The number of halogens is 1. The summed E-state index contributed by atoms with van der Waals surface area (Å²) >= 11 is 5.96. The summed E-state index contributed by atoms with van der Waals surface area (Å²) in [5, 5.41) is 0.477. The number of carbonyl (C=O) groups excluding carboxylic acids is 1. The van der Waals surface area contributed by atoms with Gasteiger partial charge in [-0.2, -0.15) is 0 Å². The Morgan fingerprint density at radius 1 is 1.33 bits per heavy atom.